The predicted octanol–water partition coefficient (Wildman–Crippen LogP) is 0.466. The van der Waals surface area contributed by atoms with Crippen LogP contribution in [0.4, 0.5) is 5.69 Å². The van der Waals surface area contributed by atoms with Gasteiger partial charge in [0.25, 0.3) is 0 Å². The van der Waals surface area contributed by atoms with E-state index in [1.807, 2.05) is 6.07 Å². The predicted molar refractivity (Wildman–Crippen MR) is 51.0 cm³/mol. The maximum Gasteiger partial charge on any atom is 0.221 e. The molecule has 0 fully saturated rings. The maximum absolute atomic E-state index is 10.7. The van der Waals surface area contributed by atoms with E-state index in [1.165, 1.54) is 6.92 Å². The minimum atomic E-state index is -0.0776. The fourth-order valence-electron chi connectivity index (χ4n) is 0.907. The van der Waals surface area contributed by atoms with E-state index in [0.29, 0.717) is 0 Å². The third-order valence-corrected chi connectivity index (χ3v) is 1.53. The Morgan fingerprint density at radius 2 is 2.00 bits per heavy atom. The zero-order chi connectivity index (χ0) is 9.14. The number of benzene rings is 1. The monoisotopic (exact) mass is 161 g/mol. The lowest BCUT2D eigenvalue weighted by molar-refractivity contribution is -0.114. The minimum absolute atomic E-state index is 0.0776. The van der Waals surface area contributed by atoms with E-state index in [-0.39, 0.29) is 5.91 Å². The van der Waals surface area contributed by atoms with Gasteiger partial charge in [0.2, 0.25) is 5.91 Å². The Bertz CT molecular complexity index is 395. The van der Waals surface area contributed by atoms with Crippen molar-refractivity contribution < 1.29 is 4.79 Å². The zero-order valence-electron chi connectivity index (χ0n) is 7.05. The number of hydrogen-bond acceptors (Lipinski definition) is 1. The summed E-state index contributed by atoms with van der Waals surface area (Å²) in [5.74, 6) is -0.0776. The first-order valence-corrected chi connectivity index (χ1v) is 3.65. The molecule has 0 aromatic heterocycles. The van der Waals surface area contributed by atoms with Gasteiger partial charge in [-0.3, -0.25) is 4.79 Å². The van der Waals surface area contributed by atoms with Crippen molar-refractivity contribution in [3.63, 3.8) is 0 Å². The van der Waals surface area contributed by atoms with Gasteiger partial charge >= 0.3 is 0 Å². The summed E-state index contributed by atoms with van der Waals surface area (Å²) in [6, 6.07) is 5.43. The third kappa shape index (κ3) is 1.95. The molecule has 0 bridgehead atoms. The highest BCUT2D eigenvalue weighted by molar-refractivity contribution is 5.88. The molecule has 1 rings (SSSR count). The van der Waals surface area contributed by atoms with Crippen LogP contribution in [0.5, 0.6) is 0 Å². The maximum atomic E-state index is 10.7. The van der Waals surface area contributed by atoms with Gasteiger partial charge in [-0.2, -0.15) is 0 Å². The Morgan fingerprint density at radius 1 is 1.33 bits per heavy atom. The molecule has 1 amide bonds. The summed E-state index contributed by atoms with van der Waals surface area (Å²) >= 11 is 0. The molecule has 0 saturated carbocycles. The van der Waals surface area contributed by atoms with Crippen molar-refractivity contribution in [2.75, 3.05) is 5.32 Å². The summed E-state index contributed by atoms with van der Waals surface area (Å²) in [7, 11) is 0. The largest absolute Gasteiger partial charge is 0.326 e. The van der Waals surface area contributed by atoms with Crippen LogP contribution in [0.1, 0.15) is 6.92 Å². The second-order valence-electron chi connectivity index (χ2n) is 2.66. The zero-order valence-corrected chi connectivity index (χ0v) is 7.05. The van der Waals surface area contributed by atoms with Crippen molar-refractivity contribution in [2.45, 2.75) is 6.92 Å². The van der Waals surface area contributed by atoms with Gasteiger partial charge in [0.15, 0.2) is 0 Å². The van der Waals surface area contributed by atoms with Gasteiger partial charge in [-0.15, -0.1) is 0 Å². The molecule has 2 heteroatoms. The second kappa shape index (κ2) is 3.22. The Labute approximate surface area is 71.2 Å². The number of rotatable bonds is 1. The van der Waals surface area contributed by atoms with Crippen molar-refractivity contribution in [1.29, 1.82) is 0 Å². The standard InChI is InChI=1S/C10H11NO/c1-7-4-5-10(6-8(7)2)11-9(3)12/h4-6H,1-2H2,3H3,(H,11,12). The first-order chi connectivity index (χ1) is 5.59. The van der Waals surface area contributed by atoms with Crippen LogP contribution >= 0.6 is 0 Å². The van der Waals surface area contributed by atoms with Crippen molar-refractivity contribution in [2.24, 2.45) is 0 Å². The van der Waals surface area contributed by atoms with Gasteiger partial charge in [0, 0.05) is 12.6 Å². The van der Waals surface area contributed by atoms with E-state index >= 15 is 0 Å². The molecular weight excluding hydrogens is 150 g/mol. The van der Waals surface area contributed by atoms with Crippen LogP contribution in [-0.4, -0.2) is 5.91 Å². The number of amides is 1. The summed E-state index contributed by atoms with van der Waals surface area (Å²) in [5, 5.41) is 4.38. The van der Waals surface area contributed by atoms with Gasteiger partial charge in [-0.05, 0) is 22.6 Å². The fraction of sp³-hybridized carbons (Fsp3) is 0.100. The Morgan fingerprint density at radius 3 is 2.50 bits per heavy atom. The minimum Gasteiger partial charge on any atom is -0.326 e. The smallest absolute Gasteiger partial charge is 0.221 e. The van der Waals surface area contributed by atoms with Gasteiger partial charge < -0.3 is 5.32 Å². The summed E-state index contributed by atoms with van der Waals surface area (Å²) in [5.41, 5.74) is 0.764. The first kappa shape index (κ1) is 8.53. The molecule has 0 saturated heterocycles. The normalized spacial score (nSPS) is 9.42. The molecule has 0 aliphatic carbocycles. The van der Waals surface area contributed by atoms with Crippen LogP contribution < -0.4 is 15.8 Å². The Kier molecular flexibility index (Phi) is 2.29. The average molecular weight is 161 g/mol. The number of carbonyl (C=O) groups excluding carboxylic acids is 1. The number of nitrogens with one attached hydrogen (secondary N) is 1. The number of anilines is 1. The molecule has 2 nitrogen and oxygen atoms in total. The van der Waals surface area contributed by atoms with Crippen molar-refractivity contribution >= 4 is 24.8 Å². The Hall–Kier alpha value is -1.57. The molecule has 12 heavy (non-hydrogen) atoms. The van der Waals surface area contributed by atoms with Crippen LogP contribution in [0.15, 0.2) is 18.2 Å². The molecule has 0 atom stereocenters. The lowest BCUT2D eigenvalue weighted by atomic mass is 10.2. The molecule has 1 aromatic rings. The van der Waals surface area contributed by atoms with Crippen molar-refractivity contribution in [3.05, 3.63) is 28.6 Å². The van der Waals surface area contributed by atoms with Crippen molar-refractivity contribution in [3.8, 4) is 0 Å². The molecule has 0 spiro atoms. The van der Waals surface area contributed by atoms with E-state index in [1.54, 1.807) is 12.1 Å². The third-order valence-electron chi connectivity index (χ3n) is 1.53. The fourth-order valence-corrected chi connectivity index (χ4v) is 0.907. The van der Waals surface area contributed by atoms with E-state index in [2.05, 4.69) is 18.5 Å². The molecule has 0 unspecified atom stereocenters. The van der Waals surface area contributed by atoms with E-state index in [0.717, 1.165) is 16.1 Å². The second-order valence-corrected chi connectivity index (χ2v) is 2.66. The average Bonchev–Trinajstić information content (AvgIpc) is 1.96. The highest BCUT2D eigenvalue weighted by Crippen LogP contribution is 1.98. The SMILES string of the molecule is C=c1ccc(NC(C)=O)cc1=C. The summed E-state index contributed by atoms with van der Waals surface area (Å²) in [4.78, 5) is 10.7. The van der Waals surface area contributed by atoms with Gasteiger partial charge in [0.05, 0.1) is 0 Å². The van der Waals surface area contributed by atoms with Gasteiger partial charge in [-0.1, -0.05) is 19.2 Å². The van der Waals surface area contributed by atoms with E-state index in [4.69, 9.17) is 0 Å². The van der Waals surface area contributed by atoms with E-state index in [9.17, 15) is 4.79 Å². The van der Waals surface area contributed by atoms with Crippen LogP contribution in [0, 0.1) is 0 Å². The first-order valence-electron chi connectivity index (χ1n) is 3.65. The Balaban J connectivity index is 3.06. The molecule has 0 heterocycles. The topological polar surface area (TPSA) is 29.1 Å². The van der Waals surface area contributed by atoms with Crippen LogP contribution in [0.3, 0.4) is 0 Å². The van der Waals surface area contributed by atoms with Crippen LogP contribution in [0.2, 0.25) is 0 Å². The molecule has 1 N–H and O–H groups in total. The van der Waals surface area contributed by atoms with Crippen molar-refractivity contribution in [1.82, 2.24) is 0 Å². The molecule has 0 radical (unpaired) electrons. The summed E-state index contributed by atoms with van der Waals surface area (Å²) in [6.07, 6.45) is 0. The lowest BCUT2D eigenvalue weighted by Crippen LogP contribution is -2.21. The van der Waals surface area contributed by atoms with Gasteiger partial charge in [-0.25, -0.2) is 0 Å². The number of hydrogen-bond donors (Lipinski definition) is 1. The van der Waals surface area contributed by atoms with E-state index < -0.39 is 0 Å². The molecule has 0 aliphatic rings. The molecule has 0 aliphatic heterocycles. The highest BCUT2D eigenvalue weighted by atomic mass is 16.1. The van der Waals surface area contributed by atoms with Crippen LogP contribution in [0.25, 0.3) is 13.2 Å². The van der Waals surface area contributed by atoms with Crippen LogP contribution in [-0.2, 0) is 4.79 Å². The number of carbonyl (C=O) groups is 1. The lowest BCUT2D eigenvalue weighted by Gasteiger charge is -2.00. The highest BCUT2D eigenvalue weighted by Gasteiger charge is 1.92. The molecule has 1 aromatic carbocycles. The van der Waals surface area contributed by atoms with Gasteiger partial charge in [0.1, 0.15) is 0 Å². The quantitative estimate of drug-likeness (QED) is 0.637. The summed E-state index contributed by atoms with van der Waals surface area (Å²) < 4.78 is 0. The summed E-state index contributed by atoms with van der Waals surface area (Å²) in [6.45, 7) is 9.01. The molecule has 62 valence electrons. The molecular formula is C10H11NO.